The lowest BCUT2D eigenvalue weighted by Crippen LogP contribution is -2.43. The summed E-state index contributed by atoms with van der Waals surface area (Å²) < 4.78 is 10.8. The highest BCUT2D eigenvalue weighted by Gasteiger charge is 2.28. The predicted molar refractivity (Wildman–Crippen MR) is 94.7 cm³/mol. The predicted octanol–water partition coefficient (Wildman–Crippen LogP) is 3.13. The van der Waals surface area contributed by atoms with Gasteiger partial charge in [-0.1, -0.05) is 31.4 Å². The summed E-state index contributed by atoms with van der Waals surface area (Å²) in [5.41, 5.74) is 0.890. The van der Waals surface area contributed by atoms with E-state index in [0.29, 0.717) is 17.4 Å². The number of rotatable bonds is 4. The number of halogens is 1. The van der Waals surface area contributed by atoms with Crippen molar-refractivity contribution in [2.24, 2.45) is 11.8 Å². The average Bonchev–Trinajstić information content (AvgIpc) is 2.61. The Hall–Kier alpha value is -1.75. The van der Waals surface area contributed by atoms with Crippen molar-refractivity contribution in [1.29, 1.82) is 0 Å². The molecule has 1 saturated carbocycles. The van der Waals surface area contributed by atoms with Crippen molar-refractivity contribution in [2.75, 3.05) is 13.2 Å². The molecule has 6 heteroatoms. The first kappa shape index (κ1) is 18.1. The number of esters is 1. The molecule has 136 valence electrons. The van der Waals surface area contributed by atoms with Gasteiger partial charge in [0.15, 0.2) is 6.61 Å². The van der Waals surface area contributed by atoms with Crippen LogP contribution in [0.2, 0.25) is 5.02 Å². The molecule has 3 rings (SSSR count). The molecule has 0 spiro atoms. The van der Waals surface area contributed by atoms with Gasteiger partial charge in [0.25, 0.3) is 5.91 Å². The van der Waals surface area contributed by atoms with Gasteiger partial charge in [0.1, 0.15) is 12.4 Å². The van der Waals surface area contributed by atoms with Crippen LogP contribution < -0.4 is 10.1 Å². The fourth-order valence-electron chi connectivity index (χ4n) is 3.55. The summed E-state index contributed by atoms with van der Waals surface area (Å²) in [5, 5.41) is 3.59. The highest BCUT2D eigenvalue weighted by atomic mass is 35.5. The van der Waals surface area contributed by atoms with Gasteiger partial charge >= 0.3 is 5.97 Å². The summed E-state index contributed by atoms with van der Waals surface area (Å²) >= 11 is 5.99. The van der Waals surface area contributed by atoms with Crippen LogP contribution in [-0.4, -0.2) is 31.1 Å². The summed E-state index contributed by atoms with van der Waals surface area (Å²) in [6.07, 6.45) is 4.99. The first-order chi connectivity index (χ1) is 12.0. The Morgan fingerprint density at radius 1 is 1.32 bits per heavy atom. The highest BCUT2D eigenvalue weighted by Crippen LogP contribution is 2.30. The molecular formula is C19H24ClNO4. The van der Waals surface area contributed by atoms with E-state index in [-0.39, 0.29) is 25.2 Å². The molecule has 1 aromatic rings. The quantitative estimate of drug-likeness (QED) is 0.832. The molecule has 5 nitrogen and oxygen atoms in total. The number of ether oxygens (including phenoxy) is 2. The van der Waals surface area contributed by atoms with E-state index in [4.69, 9.17) is 21.1 Å². The lowest BCUT2D eigenvalue weighted by Gasteiger charge is -2.29. The lowest BCUT2D eigenvalue weighted by atomic mass is 9.86. The summed E-state index contributed by atoms with van der Waals surface area (Å²) in [7, 11) is 0. The molecular weight excluding hydrogens is 342 g/mol. The number of nitrogens with one attached hydrogen (secondary N) is 1. The van der Waals surface area contributed by atoms with E-state index in [9.17, 15) is 9.59 Å². The molecule has 1 heterocycles. The number of carbonyl (C=O) groups excluding carboxylic acids is 2. The lowest BCUT2D eigenvalue weighted by molar-refractivity contribution is -0.154. The van der Waals surface area contributed by atoms with Crippen LogP contribution in [-0.2, 0) is 20.7 Å². The first-order valence-corrected chi connectivity index (χ1v) is 9.28. The van der Waals surface area contributed by atoms with Gasteiger partial charge in [-0.25, -0.2) is 0 Å². The molecule has 1 aliphatic heterocycles. The maximum atomic E-state index is 12.2. The fraction of sp³-hybridized carbons (Fsp3) is 0.579. The minimum atomic E-state index is -0.410. The molecule has 0 unspecified atom stereocenters. The number of hydrogen-bond donors (Lipinski definition) is 1. The van der Waals surface area contributed by atoms with E-state index < -0.39 is 11.9 Å². The van der Waals surface area contributed by atoms with Gasteiger partial charge < -0.3 is 14.8 Å². The van der Waals surface area contributed by atoms with Crippen LogP contribution in [0.5, 0.6) is 5.75 Å². The number of benzene rings is 1. The normalized spacial score (nSPS) is 25.4. The molecule has 0 saturated heterocycles. The maximum absolute atomic E-state index is 12.2. The van der Waals surface area contributed by atoms with E-state index in [1.807, 2.05) is 0 Å². The Labute approximate surface area is 153 Å². The Morgan fingerprint density at radius 3 is 2.92 bits per heavy atom. The molecule has 1 aliphatic carbocycles. The zero-order valence-electron chi connectivity index (χ0n) is 14.4. The van der Waals surface area contributed by atoms with Gasteiger partial charge in [0, 0.05) is 11.1 Å². The molecule has 0 aromatic heterocycles. The second-order valence-electron chi connectivity index (χ2n) is 7.01. The maximum Gasteiger partial charge on any atom is 0.313 e. The second kappa shape index (κ2) is 8.09. The topological polar surface area (TPSA) is 64.6 Å². The average molecular weight is 366 g/mol. The van der Waals surface area contributed by atoms with Crippen molar-refractivity contribution < 1.29 is 19.1 Å². The highest BCUT2D eigenvalue weighted by molar-refractivity contribution is 6.30. The van der Waals surface area contributed by atoms with E-state index >= 15 is 0 Å². The van der Waals surface area contributed by atoms with Gasteiger partial charge in [-0.15, -0.1) is 0 Å². The van der Waals surface area contributed by atoms with Crippen molar-refractivity contribution in [3.05, 3.63) is 28.8 Å². The number of amides is 1. The van der Waals surface area contributed by atoms with Crippen LogP contribution in [0.1, 0.15) is 38.2 Å². The van der Waals surface area contributed by atoms with Crippen LogP contribution >= 0.6 is 11.6 Å². The monoisotopic (exact) mass is 365 g/mol. The fourth-order valence-corrected chi connectivity index (χ4v) is 3.74. The summed E-state index contributed by atoms with van der Waals surface area (Å²) in [6.45, 7) is 2.17. The zero-order valence-corrected chi connectivity index (χ0v) is 15.2. The Morgan fingerprint density at radius 2 is 2.12 bits per heavy atom. The molecule has 0 radical (unpaired) electrons. The second-order valence-corrected chi connectivity index (χ2v) is 7.44. The number of fused-ring (bicyclic) bond motifs is 1. The minimum Gasteiger partial charge on any atom is -0.492 e. The molecule has 2 aliphatic rings. The molecule has 1 amide bonds. The third-order valence-corrected chi connectivity index (χ3v) is 5.30. The molecule has 1 N–H and O–H groups in total. The summed E-state index contributed by atoms with van der Waals surface area (Å²) in [6, 6.07) is 5.55. The van der Waals surface area contributed by atoms with Crippen molar-refractivity contribution in [2.45, 2.75) is 45.1 Å². The van der Waals surface area contributed by atoms with E-state index in [1.54, 1.807) is 18.2 Å². The molecule has 25 heavy (non-hydrogen) atoms. The van der Waals surface area contributed by atoms with Crippen molar-refractivity contribution in [3.8, 4) is 5.75 Å². The largest absolute Gasteiger partial charge is 0.492 e. The van der Waals surface area contributed by atoms with Crippen LogP contribution in [0.25, 0.3) is 0 Å². The molecule has 3 atom stereocenters. The molecule has 0 bridgehead atoms. The van der Waals surface area contributed by atoms with Gasteiger partial charge in [-0.3, -0.25) is 9.59 Å². The van der Waals surface area contributed by atoms with Gasteiger partial charge in [-0.05, 0) is 48.9 Å². The Kier molecular flexibility index (Phi) is 5.84. The third-order valence-electron chi connectivity index (χ3n) is 5.07. The first-order valence-electron chi connectivity index (χ1n) is 8.90. The Balaban J connectivity index is 1.47. The zero-order chi connectivity index (χ0) is 17.8. The van der Waals surface area contributed by atoms with Gasteiger partial charge in [-0.2, -0.15) is 0 Å². The summed E-state index contributed by atoms with van der Waals surface area (Å²) in [5.74, 6) is 0.177. The molecule has 1 aromatic carbocycles. The van der Waals surface area contributed by atoms with Gasteiger partial charge in [0.2, 0.25) is 0 Å². The SMILES string of the molecule is C[C@@H]1CCCC[C@@H]1NC(=O)COC(=O)[C@H]1COc2ccc(Cl)cc2C1. The van der Waals surface area contributed by atoms with Crippen LogP contribution in [0, 0.1) is 11.8 Å². The smallest absolute Gasteiger partial charge is 0.313 e. The molecule has 1 fully saturated rings. The summed E-state index contributed by atoms with van der Waals surface area (Å²) in [4.78, 5) is 24.3. The minimum absolute atomic E-state index is 0.187. The van der Waals surface area contributed by atoms with Crippen molar-refractivity contribution >= 4 is 23.5 Å². The number of hydrogen-bond acceptors (Lipinski definition) is 4. The number of carbonyl (C=O) groups is 2. The van der Waals surface area contributed by atoms with Crippen molar-refractivity contribution in [3.63, 3.8) is 0 Å². The Bertz CT molecular complexity index is 648. The third kappa shape index (κ3) is 4.66. The standard InChI is InChI=1S/C19H24ClNO4/c1-12-4-2-3-5-16(12)21-18(22)11-25-19(23)14-8-13-9-15(20)6-7-17(13)24-10-14/h6-7,9,12,14,16H,2-5,8,10-11H2,1H3,(H,21,22)/t12-,14-,16+/m1/s1. The van der Waals surface area contributed by atoms with E-state index in [2.05, 4.69) is 12.2 Å². The van der Waals surface area contributed by atoms with E-state index in [0.717, 1.165) is 30.6 Å². The van der Waals surface area contributed by atoms with Crippen molar-refractivity contribution in [1.82, 2.24) is 5.32 Å². The van der Waals surface area contributed by atoms with Crippen LogP contribution in [0.3, 0.4) is 0 Å². The van der Waals surface area contributed by atoms with Crippen LogP contribution in [0.4, 0.5) is 0 Å². The van der Waals surface area contributed by atoms with Gasteiger partial charge in [0.05, 0.1) is 5.92 Å². The van der Waals surface area contributed by atoms with Crippen LogP contribution in [0.15, 0.2) is 18.2 Å². The van der Waals surface area contributed by atoms with E-state index in [1.165, 1.54) is 6.42 Å².